The standard InChI is InChI=1S/C22H20FN3O2/c1-12-7-8-15(9-13(12)2)21(28)18-11-19(27)24-22-20(18)14(3)25-26(22)17-6-4-5-16(23)10-17/h4-10,18H,11H2,1-3H3,(H,24,27)/t18-/m1/s1. The van der Waals surface area contributed by atoms with E-state index in [0.29, 0.717) is 28.3 Å². The highest BCUT2D eigenvalue weighted by molar-refractivity contribution is 6.08. The molecule has 0 saturated heterocycles. The summed E-state index contributed by atoms with van der Waals surface area (Å²) in [4.78, 5) is 25.6. The first-order chi connectivity index (χ1) is 13.3. The van der Waals surface area contributed by atoms with Gasteiger partial charge in [-0.05, 0) is 56.2 Å². The maximum absolute atomic E-state index is 13.7. The Morgan fingerprint density at radius 1 is 1.14 bits per heavy atom. The van der Waals surface area contributed by atoms with Gasteiger partial charge in [-0.25, -0.2) is 9.07 Å². The van der Waals surface area contributed by atoms with Gasteiger partial charge >= 0.3 is 0 Å². The summed E-state index contributed by atoms with van der Waals surface area (Å²) in [5.41, 5.74) is 4.52. The van der Waals surface area contributed by atoms with Crippen LogP contribution in [-0.2, 0) is 4.79 Å². The van der Waals surface area contributed by atoms with E-state index in [-0.39, 0.29) is 18.1 Å². The molecule has 1 N–H and O–H groups in total. The Labute approximate surface area is 162 Å². The van der Waals surface area contributed by atoms with E-state index < -0.39 is 11.7 Å². The molecular weight excluding hydrogens is 357 g/mol. The van der Waals surface area contributed by atoms with Crippen molar-refractivity contribution in [1.29, 1.82) is 0 Å². The van der Waals surface area contributed by atoms with Gasteiger partial charge in [-0.15, -0.1) is 0 Å². The van der Waals surface area contributed by atoms with E-state index in [0.717, 1.165) is 11.1 Å². The summed E-state index contributed by atoms with van der Waals surface area (Å²) in [6, 6.07) is 11.5. The zero-order valence-corrected chi connectivity index (χ0v) is 15.9. The Kier molecular flexibility index (Phi) is 4.34. The largest absolute Gasteiger partial charge is 0.310 e. The highest BCUT2D eigenvalue weighted by Gasteiger charge is 2.36. The number of ketones is 1. The molecule has 5 nitrogen and oxygen atoms in total. The Morgan fingerprint density at radius 3 is 2.64 bits per heavy atom. The van der Waals surface area contributed by atoms with Crippen LogP contribution in [0.3, 0.4) is 0 Å². The lowest BCUT2D eigenvalue weighted by atomic mass is 9.85. The van der Waals surface area contributed by atoms with Crippen molar-refractivity contribution in [3.8, 4) is 5.69 Å². The van der Waals surface area contributed by atoms with Crippen LogP contribution < -0.4 is 5.32 Å². The van der Waals surface area contributed by atoms with Crippen LogP contribution in [0, 0.1) is 26.6 Å². The summed E-state index contributed by atoms with van der Waals surface area (Å²) in [5, 5.41) is 7.29. The third-order valence-electron chi connectivity index (χ3n) is 5.26. The predicted octanol–water partition coefficient (Wildman–Crippen LogP) is 4.25. The maximum atomic E-state index is 13.7. The van der Waals surface area contributed by atoms with Crippen molar-refractivity contribution in [3.05, 3.63) is 76.2 Å². The number of benzene rings is 2. The van der Waals surface area contributed by atoms with Crippen molar-refractivity contribution in [2.45, 2.75) is 33.1 Å². The molecule has 4 rings (SSSR count). The quantitative estimate of drug-likeness (QED) is 0.694. The van der Waals surface area contributed by atoms with E-state index in [1.54, 1.807) is 25.1 Å². The molecule has 28 heavy (non-hydrogen) atoms. The molecule has 1 aliphatic heterocycles. The van der Waals surface area contributed by atoms with E-state index in [4.69, 9.17) is 0 Å². The van der Waals surface area contributed by atoms with Gasteiger partial charge in [0.15, 0.2) is 5.78 Å². The summed E-state index contributed by atoms with van der Waals surface area (Å²) in [5.74, 6) is -0.952. The number of hydrogen-bond donors (Lipinski definition) is 1. The van der Waals surface area contributed by atoms with Crippen molar-refractivity contribution < 1.29 is 14.0 Å². The van der Waals surface area contributed by atoms with Crippen molar-refractivity contribution in [1.82, 2.24) is 9.78 Å². The predicted molar refractivity (Wildman–Crippen MR) is 104 cm³/mol. The average molecular weight is 377 g/mol. The summed E-state index contributed by atoms with van der Waals surface area (Å²) < 4.78 is 15.2. The fourth-order valence-electron chi connectivity index (χ4n) is 3.66. The molecule has 2 aromatic carbocycles. The third-order valence-corrected chi connectivity index (χ3v) is 5.26. The minimum absolute atomic E-state index is 0.0639. The molecule has 3 aromatic rings. The fraction of sp³-hybridized carbons (Fsp3) is 0.227. The maximum Gasteiger partial charge on any atom is 0.226 e. The Balaban J connectivity index is 1.82. The van der Waals surface area contributed by atoms with E-state index >= 15 is 0 Å². The lowest BCUT2D eigenvalue weighted by molar-refractivity contribution is -0.116. The molecule has 2 heterocycles. The van der Waals surface area contributed by atoms with E-state index in [9.17, 15) is 14.0 Å². The number of hydrogen-bond acceptors (Lipinski definition) is 3. The zero-order chi connectivity index (χ0) is 20.0. The number of halogens is 1. The molecule has 0 unspecified atom stereocenters. The average Bonchev–Trinajstić information content (AvgIpc) is 2.99. The number of fused-ring (bicyclic) bond motifs is 1. The first-order valence-electron chi connectivity index (χ1n) is 9.12. The van der Waals surface area contributed by atoms with Crippen molar-refractivity contribution in [3.63, 3.8) is 0 Å². The first-order valence-corrected chi connectivity index (χ1v) is 9.12. The van der Waals surface area contributed by atoms with Gasteiger partial charge in [-0.3, -0.25) is 9.59 Å². The molecule has 1 amide bonds. The Morgan fingerprint density at radius 2 is 1.93 bits per heavy atom. The molecule has 1 aliphatic rings. The van der Waals surface area contributed by atoms with Gasteiger partial charge in [0, 0.05) is 17.5 Å². The lowest BCUT2D eigenvalue weighted by Gasteiger charge is -2.23. The van der Waals surface area contributed by atoms with Gasteiger partial charge in [-0.2, -0.15) is 5.10 Å². The highest BCUT2D eigenvalue weighted by Crippen LogP contribution is 2.38. The van der Waals surface area contributed by atoms with Gasteiger partial charge in [0.05, 0.1) is 17.3 Å². The lowest BCUT2D eigenvalue weighted by Crippen LogP contribution is -2.28. The summed E-state index contributed by atoms with van der Waals surface area (Å²) in [6.45, 7) is 5.74. The normalized spacial score (nSPS) is 15.9. The molecule has 1 aromatic heterocycles. The van der Waals surface area contributed by atoms with Crippen LogP contribution in [-0.4, -0.2) is 21.5 Å². The number of aryl methyl sites for hydroxylation is 3. The number of carbonyl (C=O) groups is 2. The summed E-state index contributed by atoms with van der Waals surface area (Å²) in [7, 11) is 0. The molecule has 0 bridgehead atoms. The Hall–Kier alpha value is -3.28. The second-order valence-corrected chi connectivity index (χ2v) is 7.21. The number of aromatic nitrogens is 2. The fourth-order valence-corrected chi connectivity index (χ4v) is 3.66. The first kappa shape index (κ1) is 18.1. The number of nitrogens with zero attached hydrogens (tertiary/aromatic N) is 2. The molecule has 0 radical (unpaired) electrons. The summed E-state index contributed by atoms with van der Waals surface area (Å²) >= 11 is 0. The minimum Gasteiger partial charge on any atom is -0.310 e. The Bertz CT molecular complexity index is 1120. The number of nitrogens with one attached hydrogen (secondary N) is 1. The number of carbonyl (C=O) groups excluding carboxylic acids is 2. The van der Waals surface area contributed by atoms with Crippen LogP contribution >= 0.6 is 0 Å². The van der Waals surface area contributed by atoms with Gasteiger partial charge in [-0.1, -0.05) is 18.2 Å². The molecule has 0 saturated carbocycles. The van der Waals surface area contributed by atoms with Crippen LogP contribution in [0.15, 0.2) is 42.5 Å². The number of rotatable bonds is 3. The van der Waals surface area contributed by atoms with Gasteiger partial charge in [0.2, 0.25) is 5.91 Å². The van der Waals surface area contributed by atoms with Crippen LogP contribution in [0.5, 0.6) is 0 Å². The minimum atomic E-state index is -0.617. The third kappa shape index (κ3) is 3.01. The van der Waals surface area contributed by atoms with Gasteiger partial charge in [0.25, 0.3) is 0 Å². The van der Waals surface area contributed by atoms with Crippen molar-refractivity contribution >= 4 is 17.5 Å². The van der Waals surface area contributed by atoms with Gasteiger partial charge < -0.3 is 5.32 Å². The second kappa shape index (κ2) is 6.71. The number of anilines is 1. The molecule has 0 fully saturated rings. The molecule has 6 heteroatoms. The molecular formula is C22H20FN3O2. The number of amides is 1. The highest BCUT2D eigenvalue weighted by atomic mass is 19.1. The van der Waals surface area contributed by atoms with E-state index in [1.807, 2.05) is 26.0 Å². The monoisotopic (exact) mass is 377 g/mol. The molecule has 142 valence electrons. The van der Waals surface area contributed by atoms with Crippen LogP contribution in [0.25, 0.3) is 5.69 Å². The second-order valence-electron chi connectivity index (χ2n) is 7.21. The smallest absolute Gasteiger partial charge is 0.226 e. The van der Waals surface area contributed by atoms with Crippen molar-refractivity contribution in [2.75, 3.05) is 5.32 Å². The van der Waals surface area contributed by atoms with Crippen LogP contribution in [0.2, 0.25) is 0 Å². The molecule has 1 atom stereocenters. The van der Waals surface area contributed by atoms with Gasteiger partial charge in [0.1, 0.15) is 11.6 Å². The number of Topliss-reactive ketones (excluding diaryl/α,β-unsaturated/α-hetero) is 1. The van der Waals surface area contributed by atoms with Crippen LogP contribution in [0.4, 0.5) is 10.2 Å². The molecule has 0 spiro atoms. The SMILES string of the molecule is Cc1ccc(C(=O)[C@@H]2CC(=O)Nc3c2c(C)nn3-c2cccc(F)c2)cc1C. The van der Waals surface area contributed by atoms with Crippen molar-refractivity contribution in [2.24, 2.45) is 0 Å². The van der Waals surface area contributed by atoms with E-state index in [2.05, 4.69) is 10.4 Å². The van der Waals surface area contributed by atoms with E-state index in [1.165, 1.54) is 16.8 Å². The molecule has 0 aliphatic carbocycles. The van der Waals surface area contributed by atoms with Crippen LogP contribution in [0.1, 0.15) is 45.1 Å². The topological polar surface area (TPSA) is 64.0 Å². The zero-order valence-electron chi connectivity index (χ0n) is 15.9. The summed E-state index contributed by atoms with van der Waals surface area (Å²) in [6.07, 6.45) is 0.0639.